The Labute approximate surface area is 82.6 Å². The van der Waals surface area contributed by atoms with Crippen LogP contribution in [0, 0.1) is 20.2 Å². The fourth-order valence-corrected chi connectivity index (χ4v) is 1.17. The molecule has 0 saturated carbocycles. The maximum Gasteiger partial charge on any atom is 0.284 e. The number of halogens is 1. The zero-order valence-electron chi connectivity index (χ0n) is 6.66. The Kier molecular flexibility index (Phi) is 2.54. The molecule has 7 nitrogen and oxygen atoms in total. The quantitative estimate of drug-likeness (QED) is 0.409. The topological polar surface area (TPSA) is 107 Å². The van der Waals surface area contributed by atoms with Gasteiger partial charge in [-0.05, 0) is 6.08 Å². The highest BCUT2D eigenvalue weighted by Gasteiger charge is 2.44. The SMILES string of the molecule is O=[N+]([O-])C1=CC([N+](=O)[O-])C(O)(Cl)C=C1. The van der Waals surface area contributed by atoms with Crippen LogP contribution in [0.15, 0.2) is 23.9 Å². The van der Waals surface area contributed by atoms with Crippen LogP contribution in [0.5, 0.6) is 0 Å². The van der Waals surface area contributed by atoms with Gasteiger partial charge in [0, 0.05) is 11.0 Å². The van der Waals surface area contributed by atoms with Gasteiger partial charge in [-0.25, -0.2) is 0 Å². The molecule has 0 amide bonds. The van der Waals surface area contributed by atoms with E-state index in [1.165, 1.54) is 0 Å². The molecule has 1 aliphatic carbocycles. The van der Waals surface area contributed by atoms with Crippen LogP contribution in [0.3, 0.4) is 0 Å². The van der Waals surface area contributed by atoms with Crippen LogP contribution in [-0.4, -0.2) is 26.1 Å². The first-order valence-electron chi connectivity index (χ1n) is 3.45. The summed E-state index contributed by atoms with van der Waals surface area (Å²) in [6.07, 6.45) is 2.44. The number of alkyl halides is 1. The third-order valence-electron chi connectivity index (χ3n) is 1.67. The van der Waals surface area contributed by atoms with Crippen molar-refractivity contribution < 1.29 is 15.0 Å². The van der Waals surface area contributed by atoms with Gasteiger partial charge in [-0.15, -0.1) is 0 Å². The van der Waals surface area contributed by atoms with Crippen LogP contribution in [0.2, 0.25) is 0 Å². The highest BCUT2D eigenvalue weighted by molar-refractivity contribution is 6.24. The van der Waals surface area contributed by atoms with E-state index < -0.39 is 26.6 Å². The Bertz CT molecular complexity index is 348. The molecule has 0 radical (unpaired) electrons. The first-order chi connectivity index (χ1) is 6.34. The molecule has 8 heteroatoms. The molecule has 0 spiro atoms. The van der Waals surface area contributed by atoms with E-state index in [9.17, 15) is 25.3 Å². The third kappa shape index (κ3) is 1.88. The minimum atomic E-state index is -2.21. The summed E-state index contributed by atoms with van der Waals surface area (Å²) in [4.78, 5) is 19.0. The highest BCUT2D eigenvalue weighted by atomic mass is 35.5. The van der Waals surface area contributed by atoms with Gasteiger partial charge in [0.1, 0.15) is 0 Å². The highest BCUT2D eigenvalue weighted by Crippen LogP contribution is 2.27. The monoisotopic (exact) mass is 220 g/mol. The number of allylic oxidation sites excluding steroid dienone is 1. The fourth-order valence-electron chi connectivity index (χ4n) is 0.965. The van der Waals surface area contributed by atoms with Gasteiger partial charge < -0.3 is 5.11 Å². The second-order valence-corrected chi connectivity index (χ2v) is 3.25. The van der Waals surface area contributed by atoms with Gasteiger partial charge in [0.15, 0.2) is 0 Å². The molecular formula is C6H5ClN2O5. The van der Waals surface area contributed by atoms with Gasteiger partial charge >= 0.3 is 0 Å². The summed E-state index contributed by atoms with van der Waals surface area (Å²) in [5, 5.41) is 27.7. The summed E-state index contributed by atoms with van der Waals surface area (Å²) < 4.78 is 0. The second-order valence-electron chi connectivity index (χ2n) is 2.64. The van der Waals surface area contributed by atoms with Crippen molar-refractivity contribution in [3.63, 3.8) is 0 Å². The van der Waals surface area contributed by atoms with Crippen molar-refractivity contribution in [3.05, 3.63) is 44.2 Å². The van der Waals surface area contributed by atoms with Gasteiger partial charge in [0.25, 0.3) is 11.7 Å². The molecule has 0 bridgehead atoms. The summed E-state index contributed by atoms with van der Waals surface area (Å²) in [5.74, 6) is 0. The lowest BCUT2D eigenvalue weighted by atomic mass is 10.0. The lowest BCUT2D eigenvalue weighted by Crippen LogP contribution is -2.41. The lowest BCUT2D eigenvalue weighted by Gasteiger charge is -2.20. The average molecular weight is 221 g/mol. The molecule has 0 aromatic rings. The smallest absolute Gasteiger partial charge is 0.284 e. The Hall–Kier alpha value is -1.47. The van der Waals surface area contributed by atoms with Crippen molar-refractivity contribution in [1.82, 2.24) is 0 Å². The lowest BCUT2D eigenvalue weighted by molar-refractivity contribution is -0.524. The normalized spacial score (nSPS) is 31.0. The molecule has 76 valence electrons. The predicted octanol–water partition coefficient (Wildman–Crippen LogP) is 0.289. The van der Waals surface area contributed by atoms with Crippen molar-refractivity contribution in [2.75, 3.05) is 0 Å². The maximum atomic E-state index is 10.4. The molecule has 14 heavy (non-hydrogen) atoms. The number of nitro groups is 2. The summed E-state index contributed by atoms with van der Waals surface area (Å²) in [5.41, 5.74) is -0.461. The molecule has 0 fully saturated rings. The first-order valence-corrected chi connectivity index (χ1v) is 3.82. The van der Waals surface area contributed by atoms with Crippen molar-refractivity contribution >= 4 is 11.6 Å². The number of rotatable bonds is 2. The van der Waals surface area contributed by atoms with Crippen molar-refractivity contribution in [3.8, 4) is 0 Å². The molecule has 0 saturated heterocycles. The summed E-state index contributed by atoms with van der Waals surface area (Å²) in [7, 11) is 0. The Balaban J connectivity index is 3.07. The number of nitrogens with zero attached hydrogens (tertiary/aromatic N) is 2. The van der Waals surface area contributed by atoms with E-state index in [4.69, 9.17) is 11.6 Å². The second kappa shape index (κ2) is 3.35. The fraction of sp³-hybridized carbons (Fsp3) is 0.333. The Morgan fingerprint density at radius 3 is 2.50 bits per heavy atom. The zero-order valence-corrected chi connectivity index (χ0v) is 7.42. The van der Waals surface area contributed by atoms with Gasteiger partial charge in [0.2, 0.25) is 5.06 Å². The van der Waals surface area contributed by atoms with Gasteiger partial charge in [-0.1, -0.05) is 11.6 Å². The molecular weight excluding hydrogens is 216 g/mol. The van der Waals surface area contributed by atoms with E-state index >= 15 is 0 Å². The molecule has 1 N–H and O–H groups in total. The van der Waals surface area contributed by atoms with E-state index in [2.05, 4.69) is 0 Å². The molecule has 1 aliphatic rings. The molecule has 0 heterocycles. The van der Waals surface area contributed by atoms with Gasteiger partial charge in [0.05, 0.1) is 11.0 Å². The summed E-state index contributed by atoms with van der Waals surface area (Å²) in [6.45, 7) is 0. The average Bonchev–Trinajstić information content (AvgIpc) is 2.02. The zero-order chi connectivity index (χ0) is 10.9. The Morgan fingerprint density at radius 2 is 2.07 bits per heavy atom. The van der Waals surface area contributed by atoms with Crippen LogP contribution in [0.25, 0.3) is 0 Å². The molecule has 2 unspecified atom stereocenters. The van der Waals surface area contributed by atoms with E-state index in [-0.39, 0.29) is 0 Å². The van der Waals surface area contributed by atoms with E-state index in [1.54, 1.807) is 0 Å². The van der Waals surface area contributed by atoms with Crippen LogP contribution in [0.1, 0.15) is 0 Å². The van der Waals surface area contributed by atoms with E-state index in [0.717, 1.165) is 12.2 Å². The van der Waals surface area contributed by atoms with Crippen molar-refractivity contribution in [2.45, 2.75) is 11.1 Å². The van der Waals surface area contributed by atoms with Crippen LogP contribution in [0.4, 0.5) is 0 Å². The standard InChI is InChI=1S/C6H5ClN2O5/c7-6(10)2-1-4(8(11)12)3-5(6)9(13)14/h1-3,5,10H. The van der Waals surface area contributed by atoms with E-state index in [1.807, 2.05) is 0 Å². The molecule has 0 aromatic heterocycles. The maximum absolute atomic E-state index is 10.4. The minimum absolute atomic E-state index is 0.461. The number of aliphatic hydroxyl groups is 1. The van der Waals surface area contributed by atoms with Crippen molar-refractivity contribution in [2.24, 2.45) is 0 Å². The summed E-state index contributed by atoms with van der Waals surface area (Å²) in [6, 6.07) is -1.71. The van der Waals surface area contributed by atoms with Gasteiger partial charge in [-0.3, -0.25) is 20.2 Å². The minimum Gasteiger partial charge on any atom is -0.366 e. The van der Waals surface area contributed by atoms with Crippen LogP contribution >= 0.6 is 11.6 Å². The molecule has 0 aliphatic heterocycles. The summed E-state index contributed by atoms with van der Waals surface area (Å²) >= 11 is 5.36. The van der Waals surface area contributed by atoms with Crippen LogP contribution in [-0.2, 0) is 0 Å². The largest absolute Gasteiger partial charge is 0.366 e. The third-order valence-corrected chi connectivity index (χ3v) is 2.02. The van der Waals surface area contributed by atoms with Crippen LogP contribution < -0.4 is 0 Å². The number of hydrogen-bond donors (Lipinski definition) is 1. The van der Waals surface area contributed by atoms with Gasteiger partial charge in [-0.2, -0.15) is 0 Å². The van der Waals surface area contributed by atoms with E-state index in [0.29, 0.717) is 6.08 Å². The molecule has 2 atom stereocenters. The molecule has 0 aromatic carbocycles. The Morgan fingerprint density at radius 1 is 1.50 bits per heavy atom. The predicted molar refractivity (Wildman–Crippen MR) is 45.8 cm³/mol. The number of hydrogen-bond acceptors (Lipinski definition) is 5. The molecule has 1 rings (SSSR count). The van der Waals surface area contributed by atoms with Crippen molar-refractivity contribution in [1.29, 1.82) is 0 Å². The first kappa shape index (κ1) is 10.6.